The smallest absolute Gasteiger partial charge is 0.352 e. The van der Waals surface area contributed by atoms with Crippen molar-refractivity contribution in [2.45, 2.75) is 44.1 Å². The number of pyridine rings is 1. The number of nitrogens with zero attached hydrogens (tertiary/aromatic N) is 4. The highest BCUT2D eigenvalue weighted by Crippen LogP contribution is 2.47. The van der Waals surface area contributed by atoms with E-state index < -0.39 is 50.9 Å². The fourth-order valence-electron chi connectivity index (χ4n) is 5.58. The van der Waals surface area contributed by atoms with Crippen molar-refractivity contribution in [2.24, 2.45) is 5.41 Å². The highest BCUT2D eigenvalue weighted by Gasteiger charge is 2.54. The molecule has 41 heavy (non-hydrogen) atoms. The number of anilines is 2. The van der Waals surface area contributed by atoms with E-state index in [0.717, 1.165) is 23.2 Å². The lowest BCUT2D eigenvalue weighted by Gasteiger charge is -2.46. The van der Waals surface area contributed by atoms with Gasteiger partial charge in [-0.3, -0.25) is 9.78 Å². The maximum absolute atomic E-state index is 14.4. The van der Waals surface area contributed by atoms with E-state index in [2.05, 4.69) is 15.4 Å². The Hall–Kier alpha value is -3.62. The highest BCUT2D eigenvalue weighted by molar-refractivity contribution is 7.91. The number of sulfone groups is 1. The Labute approximate surface area is 231 Å². The molecule has 2 aliphatic heterocycles. The van der Waals surface area contributed by atoms with E-state index in [9.17, 15) is 39.6 Å². The van der Waals surface area contributed by atoms with E-state index in [1.807, 2.05) is 0 Å². The first-order chi connectivity index (χ1) is 19.2. The van der Waals surface area contributed by atoms with Gasteiger partial charge in [0.25, 0.3) is 0 Å². The van der Waals surface area contributed by atoms with Crippen LogP contribution in [0.5, 0.6) is 0 Å². The molecular formula is C26H25F6N5O3S. The molecule has 0 saturated carbocycles. The SMILES string of the molecule is O=C1N([C@@H](c2ccc(Nc3cnn(-c4cccnc4)c3C(F)(F)F)cc2)C(F)(F)F)CCCC12CCS(=O)(=O)CC2. The van der Waals surface area contributed by atoms with Crippen LogP contribution in [-0.2, 0) is 20.8 Å². The molecule has 2 aliphatic rings. The summed E-state index contributed by atoms with van der Waals surface area (Å²) in [5.41, 5.74) is -2.82. The Kier molecular flexibility index (Phi) is 7.28. The van der Waals surface area contributed by atoms with Gasteiger partial charge >= 0.3 is 12.4 Å². The number of carbonyl (C=O) groups excluding carboxylic acids is 1. The number of halogens is 6. The lowest BCUT2D eigenvalue weighted by Crippen LogP contribution is -2.55. The quantitative estimate of drug-likeness (QED) is 0.391. The number of benzene rings is 1. The zero-order chi connectivity index (χ0) is 29.6. The minimum atomic E-state index is -4.85. The summed E-state index contributed by atoms with van der Waals surface area (Å²) < 4.78 is 110. The summed E-state index contributed by atoms with van der Waals surface area (Å²) in [7, 11) is -3.34. The monoisotopic (exact) mass is 601 g/mol. The molecular weight excluding hydrogens is 576 g/mol. The van der Waals surface area contributed by atoms with Gasteiger partial charge in [-0.2, -0.15) is 31.4 Å². The number of hydrogen-bond donors (Lipinski definition) is 1. The van der Waals surface area contributed by atoms with Gasteiger partial charge in [0.15, 0.2) is 11.7 Å². The van der Waals surface area contributed by atoms with Gasteiger partial charge < -0.3 is 10.2 Å². The molecule has 1 N–H and O–H groups in total. The molecule has 3 aromatic rings. The van der Waals surface area contributed by atoms with Gasteiger partial charge in [0.1, 0.15) is 9.84 Å². The van der Waals surface area contributed by atoms with Crippen LogP contribution < -0.4 is 5.32 Å². The van der Waals surface area contributed by atoms with Crippen LogP contribution in [0, 0.1) is 5.41 Å². The second-order valence-corrected chi connectivity index (χ2v) is 12.6. The van der Waals surface area contributed by atoms with E-state index in [1.54, 1.807) is 0 Å². The predicted octanol–water partition coefficient (Wildman–Crippen LogP) is 5.45. The molecule has 15 heteroatoms. The Bertz CT molecular complexity index is 1510. The first-order valence-electron chi connectivity index (χ1n) is 12.7. The largest absolute Gasteiger partial charge is 0.435 e. The molecule has 1 amide bonds. The normalized spacial score (nSPS) is 19.8. The summed E-state index contributed by atoms with van der Waals surface area (Å²) in [6.45, 7) is -0.153. The maximum atomic E-state index is 14.4. The van der Waals surface area contributed by atoms with Gasteiger partial charge in [-0.25, -0.2) is 13.1 Å². The van der Waals surface area contributed by atoms with Crippen LogP contribution in [0.1, 0.15) is 43.0 Å². The zero-order valence-electron chi connectivity index (χ0n) is 21.4. The highest BCUT2D eigenvalue weighted by atomic mass is 32.2. The molecule has 4 heterocycles. The van der Waals surface area contributed by atoms with Crippen molar-refractivity contribution < 1.29 is 39.6 Å². The third-order valence-electron chi connectivity index (χ3n) is 7.61. The van der Waals surface area contributed by atoms with Crippen molar-refractivity contribution in [3.63, 3.8) is 0 Å². The third kappa shape index (κ3) is 5.76. The third-order valence-corrected chi connectivity index (χ3v) is 9.26. The molecule has 8 nitrogen and oxygen atoms in total. The molecule has 2 aromatic heterocycles. The predicted molar refractivity (Wildman–Crippen MR) is 136 cm³/mol. The zero-order valence-corrected chi connectivity index (χ0v) is 22.2. The molecule has 0 aliphatic carbocycles. The van der Waals surface area contributed by atoms with Gasteiger partial charge in [0.2, 0.25) is 5.91 Å². The fraction of sp³-hybridized carbons (Fsp3) is 0.423. The van der Waals surface area contributed by atoms with Gasteiger partial charge in [-0.15, -0.1) is 0 Å². The lowest BCUT2D eigenvalue weighted by atomic mass is 9.73. The van der Waals surface area contributed by atoms with Crippen LogP contribution in [-0.4, -0.2) is 58.2 Å². The van der Waals surface area contributed by atoms with Crippen molar-refractivity contribution in [3.8, 4) is 5.69 Å². The van der Waals surface area contributed by atoms with Crippen molar-refractivity contribution in [1.82, 2.24) is 19.7 Å². The number of alkyl halides is 6. The van der Waals surface area contributed by atoms with E-state index in [0.29, 0.717) is 17.5 Å². The van der Waals surface area contributed by atoms with E-state index >= 15 is 0 Å². The number of rotatable bonds is 5. The standard InChI is InChI=1S/C26H25F6N5O3S/c27-25(28,29)21(36-12-2-8-24(23(36)38)9-13-41(39,40)14-10-24)17-4-6-18(7-5-17)35-20-16-34-37(22(20)26(30,31)32)19-3-1-11-33-15-19/h1,3-7,11,15-16,21,35H,2,8-10,12-14H2/t21-/m0/s1. The molecule has 2 saturated heterocycles. The van der Waals surface area contributed by atoms with Crippen LogP contribution in [0.25, 0.3) is 5.69 Å². The molecule has 1 atom stereocenters. The number of likely N-dealkylation sites (tertiary alicyclic amines) is 1. The van der Waals surface area contributed by atoms with Gasteiger partial charge in [0.05, 0.1) is 40.7 Å². The van der Waals surface area contributed by atoms with Crippen molar-refractivity contribution in [2.75, 3.05) is 23.4 Å². The van der Waals surface area contributed by atoms with E-state index in [-0.39, 0.29) is 47.8 Å². The van der Waals surface area contributed by atoms with Crippen LogP contribution in [0.15, 0.2) is 55.0 Å². The maximum Gasteiger partial charge on any atom is 0.435 e. The topological polar surface area (TPSA) is 97.2 Å². The average molecular weight is 602 g/mol. The minimum absolute atomic E-state index is 0.0215. The first-order valence-corrected chi connectivity index (χ1v) is 14.5. The van der Waals surface area contributed by atoms with Crippen LogP contribution >= 0.6 is 0 Å². The summed E-state index contributed by atoms with van der Waals surface area (Å²) in [5, 5.41) is 6.38. The van der Waals surface area contributed by atoms with Crippen molar-refractivity contribution in [3.05, 3.63) is 66.2 Å². The second-order valence-electron chi connectivity index (χ2n) is 10.3. The summed E-state index contributed by atoms with van der Waals surface area (Å²) in [5.74, 6) is -1.22. The lowest BCUT2D eigenvalue weighted by molar-refractivity contribution is -0.200. The van der Waals surface area contributed by atoms with Gasteiger partial charge in [0, 0.05) is 18.4 Å². The van der Waals surface area contributed by atoms with Gasteiger partial charge in [-0.1, -0.05) is 12.1 Å². The molecule has 0 bridgehead atoms. The molecule has 220 valence electrons. The van der Waals surface area contributed by atoms with E-state index in [1.165, 1.54) is 36.7 Å². The number of amides is 1. The number of carbonyl (C=O) groups is 1. The minimum Gasteiger partial charge on any atom is -0.352 e. The molecule has 0 unspecified atom stereocenters. The van der Waals surface area contributed by atoms with E-state index in [4.69, 9.17) is 0 Å². The Morgan fingerprint density at radius 2 is 1.63 bits per heavy atom. The molecule has 2 fully saturated rings. The fourth-order valence-corrected chi connectivity index (χ4v) is 7.18. The Morgan fingerprint density at radius 1 is 0.951 bits per heavy atom. The van der Waals surface area contributed by atoms with Crippen LogP contribution in [0.3, 0.4) is 0 Å². The van der Waals surface area contributed by atoms with Crippen molar-refractivity contribution >= 4 is 27.1 Å². The molecule has 0 radical (unpaired) electrons. The van der Waals surface area contributed by atoms with Crippen LogP contribution in [0.4, 0.5) is 37.7 Å². The average Bonchev–Trinajstić information content (AvgIpc) is 3.33. The first kappa shape index (κ1) is 28.9. The van der Waals surface area contributed by atoms with Gasteiger partial charge in [-0.05, 0) is 55.5 Å². The number of piperidine rings is 1. The molecule has 1 spiro atoms. The molecule has 1 aromatic carbocycles. The summed E-state index contributed by atoms with van der Waals surface area (Å²) in [6.07, 6.45) is -5.55. The number of nitrogens with one attached hydrogen (secondary N) is 1. The number of hydrogen-bond acceptors (Lipinski definition) is 6. The Balaban J connectivity index is 1.42. The van der Waals surface area contributed by atoms with Crippen molar-refractivity contribution in [1.29, 1.82) is 0 Å². The van der Waals surface area contributed by atoms with Crippen LogP contribution in [0.2, 0.25) is 0 Å². The number of aromatic nitrogens is 3. The summed E-state index contributed by atoms with van der Waals surface area (Å²) >= 11 is 0. The summed E-state index contributed by atoms with van der Waals surface area (Å²) in [6, 6.07) is 5.17. The summed E-state index contributed by atoms with van der Waals surface area (Å²) in [4.78, 5) is 18.0. The Morgan fingerprint density at radius 3 is 2.22 bits per heavy atom. The molecule has 5 rings (SSSR count). The second kappa shape index (κ2) is 10.3.